The van der Waals surface area contributed by atoms with E-state index in [0.29, 0.717) is 18.5 Å². The lowest BCUT2D eigenvalue weighted by atomic mass is 9.81. The van der Waals surface area contributed by atoms with Gasteiger partial charge in [-0.2, -0.15) is 0 Å². The molecule has 1 aromatic rings. The minimum Gasteiger partial charge on any atom is -0.274 e. The zero-order valence-corrected chi connectivity index (χ0v) is 12.4. The van der Waals surface area contributed by atoms with E-state index < -0.39 is 0 Å². The van der Waals surface area contributed by atoms with Crippen molar-refractivity contribution in [2.24, 2.45) is 5.41 Å². The van der Waals surface area contributed by atoms with Crippen molar-refractivity contribution in [1.29, 1.82) is 0 Å². The number of nitrogens with zero attached hydrogens (tertiary/aromatic N) is 1. The van der Waals surface area contributed by atoms with Crippen LogP contribution in [0.2, 0.25) is 0 Å². The van der Waals surface area contributed by atoms with Crippen molar-refractivity contribution in [1.82, 2.24) is 0 Å². The number of benzene rings is 1. The number of piperidine rings is 1. The van der Waals surface area contributed by atoms with Gasteiger partial charge in [0.1, 0.15) is 0 Å². The van der Waals surface area contributed by atoms with Gasteiger partial charge in [-0.3, -0.25) is 9.59 Å². The Balaban J connectivity index is 2.42. The molecule has 2 amide bonds. The number of hydrogen-bond donors (Lipinski definition) is 0. The lowest BCUT2D eigenvalue weighted by Gasteiger charge is -2.35. The van der Waals surface area contributed by atoms with Crippen LogP contribution in [-0.4, -0.2) is 11.8 Å². The molecule has 0 bridgehead atoms. The highest BCUT2D eigenvalue weighted by Gasteiger charge is 2.38. The molecule has 0 saturated carbocycles. The fraction of sp³-hybridized carbons (Fsp3) is 0.429. The van der Waals surface area contributed by atoms with Gasteiger partial charge in [-0.25, -0.2) is 4.90 Å². The van der Waals surface area contributed by atoms with Gasteiger partial charge in [0.2, 0.25) is 11.8 Å². The normalized spacial score (nSPS) is 19.2. The third-order valence-corrected chi connectivity index (χ3v) is 4.20. The number of hydrogen-bond acceptors (Lipinski definition) is 2. The van der Waals surface area contributed by atoms with E-state index in [4.69, 9.17) is 0 Å². The van der Waals surface area contributed by atoms with Crippen LogP contribution >= 0.6 is 15.9 Å². The minimum atomic E-state index is -0.235. The summed E-state index contributed by atoms with van der Waals surface area (Å²) in [5, 5.41) is 0. The maximum absolute atomic E-state index is 12.2. The zero-order chi connectivity index (χ0) is 13.5. The van der Waals surface area contributed by atoms with Crippen LogP contribution in [0.25, 0.3) is 0 Å². The van der Waals surface area contributed by atoms with E-state index in [9.17, 15) is 9.59 Å². The molecule has 18 heavy (non-hydrogen) atoms. The number of carbonyl (C=O) groups is 2. The molecule has 4 heteroatoms. The van der Waals surface area contributed by atoms with Crippen LogP contribution < -0.4 is 4.90 Å². The summed E-state index contributed by atoms with van der Waals surface area (Å²) in [5.74, 6) is -0.245. The smallest absolute Gasteiger partial charge is 0.234 e. The predicted molar refractivity (Wildman–Crippen MR) is 74.4 cm³/mol. The highest BCUT2D eigenvalue weighted by atomic mass is 79.9. The van der Waals surface area contributed by atoms with Gasteiger partial charge >= 0.3 is 0 Å². The molecular weight excluding hydrogens is 294 g/mol. The number of amides is 2. The van der Waals surface area contributed by atoms with E-state index in [1.54, 1.807) is 6.07 Å². The maximum Gasteiger partial charge on any atom is 0.234 e. The fourth-order valence-electron chi connectivity index (χ4n) is 2.25. The highest BCUT2D eigenvalue weighted by Crippen LogP contribution is 2.37. The van der Waals surface area contributed by atoms with Crippen LogP contribution in [0.4, 0.5) is 5.69 Å². The van der Waals surface area contributed by atoms with Gasteiger partial charge in [0.25, 0.3) is 0 Å². The van der Waals surface area contributed by atoms with E-state index in [-0.39, 0.29) is 17.2 Å². The Morgan fingerprint density at radius 1 is 1.17 bits per heavy atom. The SMILES string of the molecule is Cc1cccc(N2C(=O)CC(C)(C)CC2=O)c1Br. The standard InChI is InChI=1S/C14H16BrNO2/c1-9-5-4-6-10(13(9)15)16-11(17)7-14(2,3)8-12(16)18/h4-6H,7-8H2,1-3H3. The van der Waals surface area contributed by atoms with E-state index in [1.807, 2.05) is 32.9 Å². The van der Waals surface area contributed by atoms with E-state index in [1.165, 1.54) is 4.90 Å². The lowest BCUT2D eigenvalue weighted by Crippen LogP contribution is -2.46. The van der Waals surface area contributed by atoms with E-state index in [2.05, 4.69) is 15.9 Å². The number of imide groups is 1. The second-order valence-electron chi connectivity index (χ2n) is 5.55. The maximum atomic E-state index is 12.2. The lowest BCUT2D eigenvalue weighted by molar-refractivity contribution is -0.132. The second-order valence-corrected chi connectivity index (χ2v) is 6.34. The fourth-order valence-corrected chi connectivity index (χ4v) is 2.69. The molecule has 0 aliphatic carbocycles. The van der Waals surface area contributed by atoms with Crippen molar-refractivity contribution in [2.75, 3.05) is 4.90 Å². The third kappa shape index (κ3) is 2.34. The molecule has 1 aromatic carbocycles. The van der Waals surface area contributed by atoms with Gasteiger partial charge in [0.15, 0.2) is 0 Å². The predicted octanol–water partition coefficient (Wildman–Crippen LogP) is 3.44. The number of rotatable bonds is 1. The second kappa shape index (κ2) is 4.50. The Labute approximate surface area is 115 Å². The first-order chi connectivity index (χ1) is 8.32. The van der Waals surface area contributed by atoms with E-state index in [0.717, 1.165) is 10.0 Å². The first kappa shape index (κ1) is 13.3. The molecule has 96 valence electrons. The average Bonchev–Trinajstić information content (AvgIpc) is 2.21. The Morgan fingerprint density at radius 2 is 1.72 bits per heavy atom. The highest BCUT2D eigenvalue weighted by molar-refractivity contribution is 9.10. The zero-order valence-electron chi connectivity index (χ0n) is 10.8. The molecular formula is C14H16BrNO2. The van der Waals surface area contributed by atoms with Gasteiger partial charge in [0.05, 0.1) is 5.69 Å². The summed E-state index contributed by atoms with van der Waals surface area (Å²) < 4.78 is 0.811. The molecule has 3 nitrogen and oxygen atoms in total. The van der Waals surface area contributed by atoms with E-state index >= 15 is 0 Å². The molecule has 1 aliphatic rings. The molecule has 0 N–H and O–H groups in total. The van der Waals surface area contributed by atoms with Crippen molar-refractivity contribution in [3.63, 3.8) is 0 Å². The van der Waals surface area contributed by atoms with Gasteiger partial charge in [0, 0.05) is 17.3 Å². The summed E-state index contributed by atoms with van der Waals surface area (Å²) in [5.41, 5.74) is 1.43. The van der Waals surface area contributed by atoms with Crippen LogP contribution in [0.15, 0.2) is 22.7 Å². The monoisotopic (exact) mass is 309 g/mol. The van der Waals surface area contributed by atoms with Gasteiger partial charge in [-0.1, -0.05) is 26.0 Å². The molecule has 0 aromatic heterocycles. The number of carbonyl (C=O) groups excluding carboxylic acids is 2. The molecule has 1 heterocycles. The van der Waals surface area contributed by atoms with Gasteiger partial charge in [-0.15, -0.1) is 0 Å². The van der Waals surface area contributed by atoms with Crippen LogP contribution in [0.3, 0.4) is 0 Å². The van der Waals surface area contributed by atoms with Crippen molar-refractivity contribution < 1.29 is 9.59 Å². The van der Waals surface area contributed by atoms with Crippen molar-refractivity contribution in [3.05, 3.63) is 28.2 Å². The van der Waals surface area contributed by atoms with Gasteiger partial charge < -0.3 is 0 Å². The summed E-state index contributed by atoms with van der Waals surface area (Å²) >= 11 is 3.45. The Bertz CT molecular complexity index is 503. The van der Waals surface area contributed by atoms with Crippen LogP contribution in [0.1, 0.15) is 32.3 Å². The Morgan fingerprint density at radius 3 is 2.28 bits per heavy atom. The quantitative estimate of drug-likeness (QED) is 0.745. The molecule has 1 aliphatic heterocycles. The van der Waals surface area contributed by atoms with Crippen molar-refractivity contribution in [3.8, 4) is 0 Å². The summed E-state index contributed by atoms with van der Waals surface area (Å²) in [4.78, 5) is 25.6. The topological polar surface area (TPSA) is 37.4 Å². The summed E-state index contributed by atoms with van der Waals surface area (Å²) in [6.07, 6.45) is 0.804. The third-order valence-electron chi connectivity index (χ3n) is 3.17. The summed E-state index contributed by atoms with van der Waals surface area (Å²) in [6.45, 7) is 5.84. The largest absolute Gasteiger partial charge is 0.274 e. The molecule has 0 radical (unpaired) electrons. The molecule has 1 saturated heterocycles. The number of anilines is 1. The molecule has 2 rings (SSSR count). The van der Waals surface area contributed by atoms with Crippen molar-refractivity contribution >= 4 is 33.4 Å². The van der Waals surface area contributed by atoms with Crippen LogP contribution in [-0.2, 0) is 9.59 Å². The first-order valence-electron chi connectivity index (χ1n) is 5.93. The summed E-state index contributed by atoms with van der Waals surface area (Å²) in [7, 11) is 0. The summed E-state index contributed by atoms with van der Waals surface area (Å²) in [6, 6.07) is 5.59. The Kier molecular flexibility index (Phi) is 3.32. The van der Waals surface area contributed by atoms with Crippen LogP contribution in [0.5, 0.6) is 0 Å². The average molecular weight is 310 g/mol. The molecule has 0 spiro atoms. The number of halogens is 1. The van der Waals surface area contributed by atoms with Gasteiger partial charge in [-0.05, 0) is 39.9 Å². The molecule has 0 atom stereocenters. The first-order valence-corrected chi connectivity index (χ1v) is 6.72. The Hall–Kier alpha value is -1.16. The molecule has 0 unspecified atom stereocenters. The van der Waals surface area contributed by atoms with Crippen LogP contribution in [0, 0.1) is 12.3 Å². The number of aryl methyl sites for hydroxylation is 1. The van der Waals surface area contributed by atoms with Crippen molar-refractivity contribution in [2.45, 2.75) is 33.6 Å². The minimum absolute atomic E-state index is 0.123. The molecule has 1 fully saturated rings.